The summed E-state index contributed by atoms with van der Waals surface area (Å²) in [6, 6.07) is 10.2. The third kappa shape index (κ3) is 12.5. The van der Waals surface area contributed by atoms with Gasteiger partial charge in [0.15, 0.2) is 0 Å². The number of hydrogen-bond donors (Lipinski definition) is 0. The predicted octanol–water partition coefficient (Wildman–Crippen LogP) is 5.51. The standard InChI is InChI=1S/C16H36N.C7H6Se2/c1-5-9-13-17(14-10-6-2,15-11-7-3)16-12-8-4;8-7(9)6-4-2-1-3-5-6/h5-16H2,1-4H3;1-5H,(H,8,9)/q+1;/p-1. The molecule has 3 heteroatoms. The summed E-state index contributed by atoms with van der Waals surface area (Å²) in [5, 5.41) is 0. The molecule has 0 amide bonds. The van der Waals surface area contributed by atoms with Crippen LogP contribution in [0.3, 0.4) is 0 Å². The normalized spacial score (nSPS) is 10.9. The van der Waals surface area contributed by atoms with Crippen LogP contribution in [0.25, 0.3) is 0 Å². The van der Waals surface area contributed by atoms with Gasteiger partial charge in [-0.15, -0.1) is 0 Å². The molecule has 26 heavy (non-hydrogen) atoms. The van der Waals surface area contributed by atoms with E-state index in [1.54, 1.807) is 0 Å². The van der Waals surface area contributed by atoms with Gasteiger partial charge in [-0.3, -0.25) is 0 Å². The van der Waals surface area contributed by atoms with Crippen LogP contribution in [-0.4, -0.2) is 65.6 Å². The number of rotatable bonds is 13. The second-order valence-corrected chi connectivity index (χ2v) is 10.3. The molecule has 0 aliphatic rings. The van der Waals surface area contributed by atoms with Crippen molar-refractivity contribution >= 4 is 34.9 Å². The Kier molecular flexibility index (Phi) is 17.3. The predicted molar refractivity (Wildman–Crippen MR) is 121 cm³/mol. The van der Waals surface area contributed by atoms with Gasteiger partial charge in [-0.2, -0.15) is 0 Å². The molecule has 1 rings (SSSR count). The van der Waals surface area contributed by atoms with Gasteiger partial charge >= 0.3 is 70.8 Å². The maximum absolute atomic E-state index is 2.92. The second kappa shape index (κ2) is 17.2. The summed E-state index contributed by atoms with van der Waals surface area (Å²) < 4.78 is 2.54. The van der Waals surface area contributed by atoms with Crippen LogP contribution >= 0.6 is 0 Å². The Morgan fingerprint density at radius 1 is 0.731 bits per heavy atom. The molecule has 0 bridgehead atoms. The molecule has 0 saturated heterocycles. The minimum atomic E-state index is 1.12. The molecule has 0 aliphatic carbocycles. The van der Waals surface area contributed by atoms with Gasteiger partial charge in [-0.05, 0) is 25.7 Å². The molecule has 1 nitrogen and oxygen atoms in total. The average molecular weight is 490 g/mol. The first-order chi connectivity index (χ1) is 12.5. The first-order valence-electron chi connectivity index (χ1n) is 10.7. The number of unbranched alkanes of at least 4 members (excludes halogenated alkanes) is 4. The Bertz CT molecular complexity index is 407. The fraction of sp³-hybridized carbons (Fsp3) is 0.696. The number of hydrogen-bond acceptors (Lipinski definition) is 0. The average Bonchev–Trinajstić information content (AvgIpc) is 2.68. The fourth-order valence-electron chi connectivity index (χ4n) is 3.22. The van der Waals surface area contributed by atoms with Crippen molar-refractivity contribution in [3.63, 3.8) is 0 Å². The van der Waals surface area contributed by atoms with Gasteiger partial charge in [0.05, 0.1) is 26.2 Å². The van der Waals surface area contributed by atoms with Crippen LogP contribution in [0.15, 0.2) is 30.3 Å². The van der Waals surface area contributed by atoms with Crippen molar-refractivity contribution in [3.05, 3.63) is 35.9 Å². The SMILES string of the molecule is CCCC[N+](CCCC)(CCCC)CCCC.[Se]=C([Se-])c1ccccc1. The molecule has 0 radical (unpaired) electrons. The summed E-state index contributed by atoms with van der Waals surface area (Å²) in [6.45, 7) is 15.0. The summed E-state index contributed by atoms with van der Waals surface area (Å²) in [6.07, 6.45) is 11.1. The zero-order valence-electron chi connectivity index (χ0n) is 17.6. The van der Waals surface area contributed by atoms with E-state index in [1.807, 2.05) is 18.2 Å². The van der Waals surface area contributed by atoms with Crippen LogP contribution in [0.2, 0.25) is 0 Å². The molecule has 0 fully saturated rings. The van der Waals surface area contributed by atoms with Crippen molar-refractivity contribution in [1.29, 1.82) is 0 Å². The molecule has 1 aromatic carbocycles. The van der Waals surface area contributed by atoms with Crippen molar-refractivity contribution in [2.45, 2.75) is 79.1 Å². The van der Waals surface area contributed by atoms with E-state index in [2.05, 4.69) is 71.4 Å². The monoisotopic (exact) mass is 491 g/mol. The van der Waals surface area contributed by atoms with E-state index in [9.17, 15) is 0 Å². The van der Waals surface area contributed by atoms with Gasteiger partial charge in [0.25, 0.3) is 0 Å². The zero-order valence-corrected chi connectivity index (χ0v) is 21.1. The molecule has 0 heterocycles. The van der Waals surface area contributed by atoms with E-state index in [1.165, 1.54) is 87.6 Å². The summed E-state index contributed by atoms with van der Waals surface area (Å²) in [5.74, 6) is 0. The van der Waals surface area contributed by atoms with Crippen LogP contribution in [0, 0.1) is 0 Å². The molecular formula is C23H41NSe2. The van der Waals surface area contributed by atoms with E-state index in [4.69, 9.17) is 0 Å². The molecule has 150 valence electrons. The van der Waals surface area contributed by atoms with E-state index < -0.39 is 0 Å². The van der Waals surface area contributed by atoms with Gasteiger partial charge in [-0.25, -0.2) is 0 Å². The fourth-order valence-corrected chi connectivity index (χ4v) is 3.79. The third-order valence-corrected chi connectivity index (χ3v) is 5.94. The van der Waals surface area contributed by atoms with E-state index in [-0.39, 0.29) is 0 Å². The van der Waals surface area contributed by atoms with Crippen LogP contribution in [0.4, 0.5) is 0 Å². The zero-order chi connectivity index (χ0) is 19.7. The van der Waals surface area contributed by atoms with Gasteiger partial charge in [0.2, 0.25) is 0 Å². The van der Waals surface area contributed by atoms with Crippen molar-refractivity contribution < 1.29 is 4.48 Å². The quantitative estimate of drug-likeness (QED) is 0.253. The molecule has 0 spiro atoms. The molecule has 0 N–H and O–H groups in total. The molecule has 0 aliphatic heterocycles. The van der Waals surface area contributed by atoms with Gasteiger partial charge in [0.1, 0.15) is 0 Å². The summed E-state index contributed by atoms with van der Waals surface area (Å²) in [7, 11) is 0. The van der Waals surface area contributed by atoms with Crippen molar-refractivity contribution in [1.82, 2.24) is 0 Å². The van der Waals surface area contributed by atoms with Crippen molar-refractivity contribution in [2.75, 3.05) is 26.2 Å². The Morgan fingerprint density at radius 2 is 1.08 bits per heavy atom. The van der Waals surface area contributed by atoms with Gasteiger partial charge < -0.3 is 4.48 Å². The van der Waals surface area contributed by atoms with E-state index in [0.29, 0.717) is 0 Å². The minimum absolute atomic E-state index is 1.12. The Labute approximate surface area is 180 Å². The Balaban J connectivity index is 0.000000577. The summed E-state index contributed by atoms with van der Waals surface area (Å²) in [4.78, 5) is 0. The van der Waals surface area contributed by atoms with Crippen molar-refractivity contribution in [3.8, 4) is 0 Å². The molecule has 1 aromatic rings. The van der Waals surface area contributed by atoms with Crippen molar-refractivity contribution in [2.24, 2.45) is 0 Å². The third-order valence-electron chi connectivity index (χ3n) is 4.95. The summed E-state index contributed by atoms with van der Waals surface area (Å²) >= 11 is 5.83. The molecule has 0 unspecified atom stereocenters. The number of quaternary nitrogens is 1. The number of benzene rings is 1. The maximum atomic E-state index is 2.92. The molecule has 0 aromatic heterocycles. The van der Waals surface area contributed by atoms with E-state index >= 15 is 0 Å². The van der Waals surface area contributed by atoms with Gasteiger partial charge in [-0.1, -0.05) is 53.4 Å². The van der Waals surface area contributed by atoms with Crippen LogP contribution in [0.1, 0.15) is 84.6 Å². The first-order valence-corrected chi connectivity index (χ1v) is 12.4. The van der Waals surface area contributed by atoms with Crippen LogP contribution in [-0.2, 0) is 0 Å². The molecule has 0 saturated carbocycles. The van der Waals surface area contributed by atoms with Crippen LogP contribution < -0.4 is 0 Å². The molecular weight excluding hydrogens is 448 g/mol. The Hall–Kier alpha value is 0.0890. The molecule has 0 atom stereocenters. The number of nitrogens with zero attached hydrogens (tertiary/aromatic N) is 1. The van der Waals surface area contributed by atoms with Gasteiger partial charge in [0, 0.05) is 0 Å². The summed E-state index contributed by atoms with van der Waals surface area (Å²) in [5.41, 5.74) is 1.22. The van der Waals surface area contributed by atoms with Crippen LogP contribution in [0.5, 0.6) is 0 Å². The Morgan fingerprint density at radius 3 is 1.31 bits per heavy atom. The first kappa shape index (κ1) is 26.1. The topological polar surface area (TPSA) is 0 Å². The van der Waals surface area contributed by atoms with E-state index in [0.717, 1.165) is 3.32 Å². The second-order valence-electron chi connectivity index (χ2n) is 7.30.